The van der Waals surface area contributed by atoms with E-state index in [0.29, 0.717) is 31.6 Å². The molecule has 0 unspecified atom stereocenters. The van der Waals surface area contributed by atoms with Crippen molar-refractivity contribution in [3.63, 3.8) is 0 Å². The maximum absolute atomic E-state index is 12.8. The average molecular weight is 393 g/mol. The molecule has 0 amide bonds. The number of carbonyl (C=O) groups excluding carboxylic acids is 2. The Morgan fingerprint density at radius 1 is 0.931 bits per heavy atom. The molecule has 1 aliphatic carbocycles. The Bertz CT molecular complexity index is 852. The summed E-state index contributed by atoms with van der Waals surface area (Å²) in [7, 11) is 0. The first-order valence-electron chi connectivity index (χ1n) is 10.1. The molecule has 1 N–H and O–H groups in total. The van der Waals surface area contributed by atoms with E-state index in [1.54, 1.807) is 0 Å². The quantitative estimate of drug-likeness (QED) is 0.384. The van der Waals surface area contributed by atoms with E-state index in [4.69, 9.17) is 9.57 Å². The summed E-state index contributed by atoms with van der Waals surface area (Å²) in [6.07, 6.45) is 2.08. The van der Waals surface area contributed by atoms with Gasteiger partial charge in [0.15, 0.2) is 11.6 Å². The van der Waals surface area contributed by atoms with Crippen molar-refractivity contribution >= 4 is 11.6 Å². The third-order valence-electron chi connectivity index (χ3n) is 4.89. The van der Waals surface area contributed by atoms with Crippen molar-refractivity contribution in [2.75, 3.05) is 6.61 Å². The van der Waals surface area contributed by atoms with Crippen LogP contribution in [0.1, 0.15) is 51.0 Å². The number of Topliss-reactive ketones (excluding diaryl/α,β-unsaturated/α-hetero) is 2. The van der Waals surface area contributed by atoms with Crippen molar-refractivity contribution in [1.29, 1.82) is 0 Å². The van der Waals surface area contributed by atoms with Gasteiger partial charge in [-0.05, 0) is 49.1 Å². The van der Waals surface area contributed by atoms with Crippen LogP contribution >= 0.6 is 0 Å². The molecule has 2 aromatic rings. The number of allylic oxidation sites excluding steroid dienone is 2. The van der Waals surface area contributed by atoms with Gasteiger partial charge in [-0.3, -0.25) is 19.9 Å². The first-order chi connectivity index (χ1) is 14.1. The van der Waals surface area contributed by atoms with E-state index < -0.39 is 0 Å². The van der Waals surface area contributed by atoms with Gasteiger partial charge in [-0.2, -0.15) is 0 Å². The number of carbonyl (C=O) groups is 2. The van der Waals surface area contributed by atoms with Crippen molar-refractivity contribution in [2.45, 2.75) is 45.4 Å². The Kier molecular flexibility index (Phi) is 7.19. The first kappa shape index (κ1) is 20.8. The minimum atomic E-state index is -0.119. The molecule has 29 heavy (non-hydrogen) atoms. The van der Waals surface area contributed by atoms with Crippen LogP contribution in [0.2, 0.25) is 0 Å². The zero-order valence-corrected chi connectivity index (χ0v) is 16.9. The van der Waals surface area contributed by atoms with E-state index >= 15 is 0 Å². The van der Waals surface area contributed by atoms with Gasteiger partial charge in [0.25, 0.3) is 0 Å². The Morgan fingerprint density at radius 3 is 2.14 bits per heavy atom. The van der Waals surface area contributed by atoms with Crippen LogP contribution in [0.4, 0.5) is 0 Å². The summed E-state index contributed by atoms with van der Waals surface area (Å²) in [5.41, 5.74) is 4.66. The highest BCUT2D eigenvalue weighted by Gasteiger charge is 2.33. The lowest BCUT2D eigenvalue weighted by Gasteiger charge is -2.24. The van der Waals surface area contributed by atoms with Gasteiger partial charge in [0.1, 0.15) is 11.5 Å². The topological polar surface area (TPSA) is 64.6 Å². The van der Waals surface area contributed by atoms with Gasteiger partial charge in [0, 0.05) is 12.8 Å². The second kappa shape index (κ2) is 10.0. The smallest absolute Gasteiger partial charge is 0.168 e. The summed E-state index contributed by atoms with van der Waals surface area (Å²) in [5.74, 6) is 1.14. The third kappa shape index (κ3) is 5.33. The molecule has 0 atom stereocenters. The molecule has 5 nitrogen and oxygen atoms in total. The number of hydrogen-bond acceptors (Lipinski definition) is 5. The van der Waals surface area contributed by atoms with Crippen LogP contribution in [0.15, 0.2) is 65.9 Å². The third-order valence-corrected chi connectivity index (χ3v) is 4.89. The molecule has 2 aromatic carbocycles. The lowest BCUT2D eigenvalue weighted by atomic mass is 9.79. The molecule has 0 aromatic heterocycles. The summed E-state index contributed by atoms with van der Waals surface area (Å²) >= 11 is 0. The Hall–Kier alpha value is -2.92. The van der Waals surface area contributed by atoms with Crippen molar-refractivity contribution in [3.05, 3.63) is 71.4 Å². The normalized spacial score (nSPS) is 16.6. The van der Waals surface area contributed by atoms with Gasteiger partial charge in [-0.25, -0.2) is 0 Å². The van der Waals surface area contributed by atoms with E-state index in [1.165, 1.54) is 0 Å². The van der Waals surface area contributed by atoms with Gasteiger partial charge < -0.3 is 4.74 Å². The first-order valence-corrected chi connectivity index (χ1v) is 10.1. The molecule has 0 spiro atoms. The maximum atomic E-state index is 12.8. The number of hydroxylamine groups is 1. The molecular weight excluding hydrogens is 366 g/mol. The number of nitrogens with one attached hydrogen (secondary N) is 1. The summed E-state index contributed by atoms with van der Waals surface area (Å²) in [4.78, 5) is 30.8. The van der Waals surface area contributed by atoms with Crippen LogP contribution in [0.3, 0.4) is 0 Å². The number of para-hydroxylation sites is 1. The predicted molar refractivity (Wildman–Crippen MR) is 112 cm³/mol. The Balaban J connectivity index is 1.72. The van der Waals surface area contributed by atoms with Crippen molar-refractivity contribution in [1.82, 2.24) is 5.48 Å². The van der Waals surface area contributed by atoms with Crippen LogP contribution in [0.25, 0.3) is 0 Å². The van der Waals surface area contributed by atoms with Crippen molar-refractivity contribution in [3.8, 4) is 11.5 Å². The molecule has 3 rings (SSSR count). The number of benzene rings is 2. The summed E-state index contributed by atoms with van der Waals surface area (Å²) in [6.45, 7) is 4.32. The second-order valence-corrected chi connectivity index (χ2v) is 7.07. The summed E-state index contributed by atoms with van der Waals surface area (Å²) in [6, 6.07) is 17.2. The molecule has 0 bridgehead atoms. The average Bonchev–Trinajstić information content (AvgIpc) is 2.72. The predicted octanol–water partition coefficient (Wildman–Crippen LogP) is 5.09. The lowest BCUT2D eigenvalue weighted by Crippen LogP contribution is -2.29. The Labute approximate surface area is 171 Å². The van der Waals surface area contributed by atoms with Crippen LogP contribution in [0, 0.1) is 0 Å². The minimum Gasteiger partial charge on any atom is -0.457 e. The Morgan fingerprint density at radius 2 is 1.55 bits per heavy atom. The molecule has 5 heteroatoms. The second-order valence-electron chi connectivity index (χ2n) is 7.07. The van der Waals surface area contributed by atoms with Crippen molar-refractivity contribution < 1.29 is 19.2 Å². The maximum Gasteiger partial charge on any atom is 0.168 e. The molecule has 1 fully saturated rings. The molecule has 0 saturated heterocycles. The highest BCUT2D eigenvalue weighted by atomic mass is 16.6. The fourth-order valence-corrected chi connectivity index (χ4v) is 3.52. The summed E-state index contributed by atoms with van der Waals surface area (Å²) in [5, 5.41) is 0. The zero-order valence-electron chi connectivity index (χ0n) is 16.9. The van der Waals surface area contributed by atoms with Gasteiger partial charge >= 0.3 is 0 Å². The molecule has 0 heterocycles. The van der Waals surface area contributed by atoms with Crippen LogP contribution < -0.4 is 10.2 Å². The molecule has 1 saturated carbocycles. The van der Waals surface area contributed by atoms with E-state index in [-0.39, 0.29) is 23.1 Å². The minimum absolute atomic E-state index is 0.112. The van der Waals surface area contributed by atoms with Crippen LogP contribution in [-0.2, 0) is 14.4 Å². The highest BCUT2D eigenvalue weighted by Crippen LogP contribution is 2.34. The van der Waals surface area contributed by atoms with Crippen LogP contribution in [0.5, 0.6) is 11.5 Å². The number of rotatable bonds is 8. The zero-order chi connectivity index (χ0) is 20.6. The largest absolute Gasteiger partial charge is 0.457 e. The monoisotopic (exact) mass is 393 g/mol. The fourth-order valence-electron chi connectivity index (χ4n) is 3.52. The summed E-state index contributed by atoms with van der Waals surface area (Å²) < 4.78 is 5.81. The van der Waals surface area contributed by atoms with E-state index in [0.717, 1.165) is 23.5 Å². The molecule has 0 aliphatic heterocycles. The number of ketones is 2. The van der Waals surface area contributed by atoms with E-state index in [9.17, 15) is 9.59 Å². The van der Waals surface area contributed by atoms with Gasteiger partial charge in [0.2, 0.25) is 0 Å². The lowest BCUT2D eigenvalue weighted by molar-refractivity contribution is -0.124. The van der Waals surface area contributed by atoms with Gasteiger partial charge in [-0.1, -0.05) is 43.7 Å². The molecular formula is C24H27NO4. The van der Waals surface area contributed by atoms with E-state index in [1.807, 2.05) is 68.4 Å². The fraction of sp³-hybridized carbons (Fsp3) is 0.333. The highest BCUT2D eigenvalue weighted by molar-refractivity contribution is 6.22. The van der Waals surface area contributed by atoms with Crippen LogP contribution in [-0.4, -0.2) is 18.2 Å². The van der Waals surface area contributed by atoms with Gasteiger partial charge in [-0.15, -0.1) is 0 Å². The molecule has 1 aliphatic rings. The van der Waals surface area contributed by atoms with Crippen molar-refractivity contribution in [2.24, 2.45) is 0 Å². The molecule has 0 radical (unpaired) electrons. The number of hydrogen-bond donors (Lipinski definition) is 1. The standard InChI is InChI=1S/C24H27NO4/c1-3-8-21(25-28-4-2)24-22(26)15-18(16-23(24)27)17-11-13-20(14-12-17)29-19-9-6-5-7-10-19/h5-7,9-14,18,25H,3-4,8,15-16H2,1-2H3. The van der Waals surface area contributed by atoms with Gasteiger partial charge in [0.05, 0.1) is 17.9 Å². The van der Waals surface area contributed by atoms with E-state index in [2.05, 4.69) is 5.48 Å². The molecule has 152 valence electrons. The SMILES string of the molecule is CCCC(NOCC)=C1C(=O)CC(c2ccc(Oc3ccccc3)cc2)CC1=O. The number of ether oxygens (including phenoxy) is 1.